The first-order valence-corrected chi connectivity index (χ1v) is 6.39. The normalized spacial score (nSPS) is 17.4. The maximum atomic E-state index is 11.6. The van der Waals surface area contributed by atoms with Crippen LogP contribution in [0.15, 0.2) is 16.6 Å². The quantitative estimate of drug-likeness (QED) is 0.931. The number of carbonyl (C=O) groups is 1. The molecule has 0 saturated heterocycles. The van der Waals surface area contributed by atoms with Gasteiger partial charge in [-0.15, -0.1) is 0 Å². The maximum Gasteiger partial charge on any atom is 0.314 e. The van der Waals surface area contributed by atoms with Gasteiger partial charge in [-0.05, 0) is 47.3 Å². The van der Waals surface area contributed by atoms with E-state index in [0.29, 0.717) is 18.6 Å². The lowest BCUT2D eigenvalue weighted by molar-refractivity contribution is -0.147. The van der Waals surface area contributed by atoms with Crippen molar-refractivity contribution in [2.45, 2.75) is 31.6 Å². The van der Waals surface area contributed by atoms with Crippen molar-refractivity contribution in [3.05, 3.63) is 27.7 Å². The van der Waals surface area contributed by atoms with Gasteiger partial charge in [0, 0.05) is 5.56 Å². The van der Waals surface area contributed by atoms with Gasteiger partial charge in [0.05, 0.1) is 17.0 Å². The summed E-state index contributed by atoms with van der Waals surface area (Å²) in [5, 5.41) is 9.50. The zero-order chi connectivity index (χ0) is 12.6. The van der Waals surface area contributed by atoms with Gasteiger partial charge in [0.25, 0.3) is 0 Å². The predicted molar refractivity (Wildman–Crippen MR) is 68.6 cm³/mol. The van der Waals surface area contributed by atoms with Crippen LogP contribution < -0.4 is 4.74 Å². The van der Waals surface area contributed by atoms with Crippen LogP contribution in [0.5, 0.6) is 5.75 Å². The van der Waals surface area contributed by atoms with Crippen molar-refractivity contribution < 1.29 is 14.6 Å². The number of hydrogen-bond acceptors (Lipinski definition) is 2. The summed E-state index contributed by atoms with van der Waals surface area (Å²) in [4.78, 5) is 11.6. The lowest BCUT2D eigenvalue weighted by atomic mass is 9.63. The minimum atomic E-state index is -0.751. The van der Waals surface area contributed by atoms with Gasteiger partial charge >= 0.3 is 5.97 Å². The van der Waals surface area contributed by atoms with Gasteiger partial charge in [0.1, 0.15) is 5.75 Å². The highest BCUT2D eigenvalue weighted by Gasteiger charge is 2.48. The van der Waals surface area contributed by atoms with E-state index in [1.807, 2.05) is 19.1 Å². The SMILES string of the molecule is COc1c(Br)ccc(C)c1C1(C(=O)O)CCC1. The molecule has 0 amide bonds. The van der Waals surface area contributed by atoms with Crippen LogP contribution in [0.4, 0.5) is 0 Å². The lowest BCUT2D eigenvalue weighted by Crippen LogP contribution is -2.43. The molecule has 0 aliphatic heterocycles. The molecule has 1 saturated carbocycles. The lowest BCUT2D eigenvalue weighted by Gasteiger charge is -2.40. The molecule has 1 N–H and O–H groups in total. The first-order chi connectivity index (χ1) is 8.03. The summed E-state index contributed by atoms with van der Waals surface area (Å²) < 4.78 is 6.19. The summed E-state index contributed by atoms with van der Waals surface area (Å²) in [6.07, 6.45) is 2.34. The number of halogens is 1. The Morgan fingerprint density at radius 1 is 1.47 bits per heavy atom. The van der Waals surface area contributed by atoms with E-state index < -0.39 is 11.4 Å². The fourth-order valence-corrected chi connectivity index (χ4v) is 3.04. The van der Waals surface area contributed by atoms with Crippen LogP contribution in [0.3, 0.4) is 0 Å². The minimum absolute atomic E-state index is 0.659. The summed E-state index contributed by atoms with van der Waals surface area (Å²) in [5.74, 6) is -0.0876. The molecular formula is C13H15BrO3. The molecule has 2 rings (SSSR count). The molecule has 4 heteroatoms. The van der Waals surface area contributed by atoms with Crippen molar-refractivity contribution >= 4 is 21.9 Å². The van der Waals surface area contributed by atoms with Crippen LogP contribution >= 0.6 is 15.9 Å². The van der Waals surface area contributed by atoms with Crippen LogP contribution in [0.1, 0.15) is 30.4 Å². The molecule has 17 heavy (non-hydrogen) atoms. The monoisotopic (exact) mass is 298 g/mol. The second-order valence-corrected chi connectivity index (χ2v) is 5.37. The minimum Gasteiger partial charge on any atom is -0.495 e. The highest BCUT2D eigenvalue weighted by molar-refractivity contribution is 9.10. The molecule has 0 radical (unpaired) electrons. The summed E-state index contributed by atoms with van der Waals surface area (Å²) >= 11 is 3.42. The molecule has 1 aromatic carbocycles. The molecule has 0 bridgehead atoms. The molecule has 3 nitrogen and oxygen atoms in total. The molecule has 92 valence electrons. The molecule has 0 aromatic heterocycles. The Hall–Kier alpha value is -1.03. The third-order valence-electron chi connectivity index (χ3n) is 3.62. The number of benzene rings is 1. The van der Waals surface area contributed by atoms with Crippen LogP contribution in [-0.2, 0) is 10.2 Å². The van der Waals surface area contributed by atoms with Crippen LogP contribution in [-0.4, -0.2) is 18.2 Å². The molecule has 0 atom stereocenters. The predicted octanol–water partition coefficient (Wildman–Crippen LogP) is 3.27. The summed E-state index contributed by atoms with van der Waals surface area (Å²) in [6, 6.07) is 3.83. The molecule has 1 aliphatic carbocycles. The van der Waals surface area contributed by atoms with E-state index in [1.54, 1.807) is 7.11 Å². The van der Waals surface area contributed by atoms with E-state index in [4.69, 9.17) is 4.74 Å². The van der Waals surface area contributed by atoms with Gasteiger partial charge in [-0.25, -0.2) is 0 Å². The third-order valence-corrected chi connectivity index (χ3v) is 4.24. The third kappa shape index (κ3) is 1.75. The molecule has 1 fully saturated rings. The van der Waals surface area contributed by atoms with Crippen LogP contribution in [0.2, 0.25) is 0 Å². The van der Waals surface area contributed by atoms with Gasteiger partial charge in [-0.2, -0.15) is 0 Å². The van der Waals surface area contributed by atoms with Crippen molar-refractivity contribution in [3.63, 3.8) is 0 Å². The van der Waals surface area contributed by atoms with Crippen molar-refractivity contribution in [3.8, 4) is 5.75 Å². The van der Waals surface area contributed by atoms with Crippen molar-refractivity contribution in [1.82, 2.24) is 0 Å². The maximum absolute atomic E-state index is 11.6. The smallest absolute Gasteiger partial charge is 0.314 e. The van der Waals surface area contributed by atoms with Crippen LogP contribution in [0, 0.1) is 6.92 Å². The molecular weight excluding hydrogens is 284 g/mol. The topological polar surface area (TPSA) is 46.5 Å². The van der Waals surface area contributed by atoms with Crippen LogP contribution in [0.25, 0.3) is 0 Å². The standard InChI is InChI=1S/C13H15BrO3/c1-8-4-5-9(14)11(17-2)10(8)13(12(15)16)6-3-7-13/h4-5H,3,6-7H2,1-2H3,(H,15,16). The van der Waals surface area contributed by atoms with E-state index in [0.717, 1.165) is 22.0 Å². The Morgan fingerprint density at radius 2 is 2.12 bits per heavy atom. The zero-order valence-electron chi connectivity index (χ0n) is 9.92. The number of hydrogen-bond donors (Lipinski definition) is 1. The molecule has 1 aliphatic rings. The van der Waals surface area contributed by atoms with Gasteiger partial charge in [0.15, 0.2) is 0 Å². The molecule has 0 spiro atoms. The molecule has 0 unspecified atom stereocenters. The molecule has 1 aromatic rings. The average molecular weight is 299 g/mol. The van der Waals surface area contributed by atoms with Crippen molar-refractivity contribution in [2.75, 3.05) is 7.11 Å². The Morgan fingerprint density at radius 3 is 2.53 bits per heavy atom. The first-order valence-electron chi connectivity index (χ1n) is 5.60. The highest BCUT2D eigenvalue weighted by Crippen LogP contribution is 2.50. The van der Waals surface area contributed by atoms with Gasteiger partial charge in [-0.1, -0.05) is 12.5 Å². The Kier molecular flexibility index (Phi) is 3.17. The summed E-state index contributed by atoms with van der Waals surface area (Å²) in [6.45, 7) is 1.94. The van der Waals surface area contributed by atoms with Gasteiger partial charge in [0.2, 0.25) is 0 Å². The number of ether oxygens (including phenoxy) is 1. The second kappa shape index (κ2) is 4.33. The number of aliphatic carboxylic acids is 1. The number of carboxylic acid groups (broad SMARTS) is 1. The summed E-state index contributed by atoms with van der Waals surface area (Å²) in [7, 11) is 1.58. The number of aryl methyl sites for hydroxylation is 1. The van der Waals surface area contributed by atoms with Gasteiger partial charge < -0.3 is 9.84 Å². The number of rotatable bonds is 3. The second-order valence-electron chi connectivity index (χ2n) is 4.51. The van der Waals surface area contributed by atoms with Crippen molar-refractivity contribution in [2.24, 2.45) is 0 Å². The number of methoxy groups -OCH3 is 1. The van der Waals surface area contributed by atoms with Gasteiger partial charge in [-0.3, -0.25) is 4.79 Å². The largest absolute Gasteiger partial charge is 0.495 e. The fourth-order valence-electron chi connectivity index (χ4n) is 2.55. The number of carboxylic acids is 1. The zero-order valence-corrected chi connectivity index (χ0v) is 11.5. The average Bonchev–Trinajstić information content (AvgIpc) is 2.21. The van der Waals surface area contributed by atoms with E-state index in [2.05, 4.69) is 15.9 Å². The first kappa shape index (κ1) is 12.4. The Balaban J connectivity index is 2.65. The van der Waals surface area contributed by atoms with E-state index in [-0.39, 0.29) is 0 Å². The Labute approximate surface area is 109 Å². The van der Waals surface area contributed by atoms with E-state index in [9.17, 15) is 9.90 Å². The van der Waals surface area contributed by atoms with E-state index >= 15 is 0 Å². The molecule has 0 heterocycles. The Bertz CT molecular complexity index is 464. The van der Waals surface area contributed by atoms with E-state index in [1.165, 1.54) is 0 Å². The van der Waals surface area contributed by atoms with Crippen molar-refractivity contribution in [1.29, 1.82) is 0 Å². The highest BCUT2D eigenvalue weighted by atomic mass is 79.9. The summed E-state index contributed by atoms with van der Waals surface area (Å²) in [5.41, 5.74) is 1.06. The fraction of sp³-hybridized carbons (Fsp3) is 0.462.